The lowest BCUT2D eigenvalue weighted by molar-refractivity contribution is -0.272. The van der Waals surface area contributed by atoms with E-state index in [0.717, 1.165) is 0 Å². The number of amides is 1. The summed E-state index contributed by atoms with van der Waals surface area (Å²) >= 11 is 0. The van der Waals surface area contributed by atoms with Gasteiger partial charge in [-0.25, -0.2) is 0 Å². The molecule has 0 saturated carbocycles. The van der Waals surface area contributed by atoms with E-state index in [9.17, 15) is 31.1 Å². The van der Waals surface area contributed by atoms with Crippen molar-refractivity contribution >= 4 is 11.6 Å². The van der Waals surface area contributed by atoms with Crippen molar-refractivity contribution in [3.63, 3.8) is 0 Å². The second-order valence-electron chi connectivity index (χ2n) is 4.75. The predicted molar refractivity (Wildman–Crippen MR) is 64.8 cm³/mol. The Labute approximate surface area is 117 Å². The zero-order valence-corrected chi connectivity index (χ0v) is 11.1. The number of carbonyl (C=O) groups excluding carboxylic acids is 1. The number of nitrogens with one attached hydrogen (secondary N) is 1. The van der Waals surface area contributed by atoms with E-state index >= 15 is 0 Å². The zero-order chi connectivity index (χ0) is 16.4. The van der Waals surface area contributed by atoms with Crippen LogP contribution in [0.1, 0.15) is 25.3 Å². The number of hydrogen-bond acceptors (Lipinski definition) is 1. The Morgan fingerprint density at radius 3 is 1.90 bits per heavy atom. The average Bonchev–Trinajstić information content (AvgIpc) is 2.24. The van der Waals surface area contributed by atoms with Gasteiger partial charge in [0, 0.05) is 5.69 Å². The molecule has 0 aromatic heterocycles. The molecule has 1 aromatic rings. The fourth-order valence-electron chi connectivity index (χ4n) is 1.80. The molecule has 0 spiro atoms. The third-order valence-electron chi connectivity index (χ3n) is 2.76. The van der Waals surface area contributed by atoms with Crippen molar-refractivity contribution in [1.82, 2.24) is 0 Å². The molecule has 0 fully saturated rings. The van der Waals surface area contributed by atoms with Crippen molar-refractivity contribution in [2.24, 2.45) is 5.92 Å². The lowest BCUT2D eigenvalue weighted by atomic mass is 10.0. The summed E-state index contributed by atoms with van der Waals surface area (Å²) < 4.78 is 74.7. The first-order valence-corrected chi connectivity index (χ1v) is 5.97. The highest BCUT2D eigenvalue weighted by Gasteiger charge is 2.61. The van der Waals surface area contributed by atoms with E-state index < -0.39 is 24.2 Å². The Balaban J connectivity index is 3.09. The van der Waals surface area contributed by atoms with Crippen LogP contribution in [0.5, 0.6) is 0 Å². The second kappa shape index (κ2) is 5.95. The Hall–Kier alpha value is -1.73. The van der Waals surface area contributed by atoms with E-state index in [0.29, 0.717) is 5.56 Å². The Morgan fingerprint density at radius 2 is 1.48 bits per heavy atom. The van der Waals surface area contributed by atoms with Gasteiger partial charge in [-0.15, -0.1) is 0 Å². The minimum absolute atomic E-state index is 0.0593. The first kappa shape index (κ1) is 17.3. The molecule has 0 radical (unpaired) electrons. The summed E-state index contributed by atoms with van der Waals surface area (Å²) in [7, 11) is 0. The van der Waals surface area contributed by atoms with E-state index in [4.69, 9.17) is 0 Å². The molecule has 0 aliphatic carbocycles. The maximum atomic E-state index is 12.4. The van der Waals surface area contributed by atoms with E-state index in [1.807, 2.05) is 0 Å². The third kappa shape index (κ3) is 4.37. The summed E-state index contributed by atoms with van der Waals surface area (Å²) in [5, 5.41) is 1.73. The van der Waals surface area contributed by atoms with Gasteiger partial charge >= 0.3 is 12.4 Å². The molecule has 1 aromatic carbocycles. The topological polar surface area (TPSA) is 29.1 Å². The summed E-state index contributed by atoms with van der Waals surface area (Å²) in [6.45, 7) is 3.41. The van der Waals surface area contributed by atoms with Crippen molar-refractivity contribution < 1.29 is 31.1 Å². The quantitative estimate of drug-likeness (QED) is 0.819. The van der Waals surface area contributed by atoms with Crippen LogP contribution in [0.3, 0.4) is 0 Å². The van der Waals surface area contributed by atoms with Crippen molar-refractivity contribution in [3.8, 4) is 0 Å². The van der Waals surface area contributed by atoms with Crippen LogP contribution >= 0.6 is 0 Å². The molecule has 0 saturated heterocycles. The summed E-state index contributed by atoms with van der Waals surface area (Å²) in [5.41, 5.74) is 0.393. The van der Waals surface area contributed by atoms with E-state index in [2.05, 4.69) is 0 Å². The molecular formula is C13H13F6NO. The Morgan fingerprint density at radius 1 is 1.00 bits per heavy atom. The van der Waals surface area contributed by atoms with Gasteiger partial charge in [-0.3, -0.25) is 4.79 Å². The number of carbonyl (C=O) groups is 1. The van der Waals surface area contributed by atoms with Crippen LogP contribution in [-0.2, 0) is 4.79 Å². The predicted octanol–water partition coefficient (Wildman–Crippen LogP) is 4.49. The van der Waals surface area contributed by atoms with Gasteiger partial charge in [-0.05, 0) is 17.5 Å². The average molecular weight is 313 g/mol. The van der Waals surface area contributed by atoms with Crippen LogP contribution in [-0.4, -0.2) is 18.3 Å². The molecule has 118 valence electrons. The van der Waals surface area contributed by atoms with E-state index in [-0.39, 0.29) is 11.6 Å². The number of anilines is 1. The summed E-state index contributed by atoms with van der Waals surface area (Å²) in [6.07, 6.45) is -11.4. The summed E-state index contributed by atoms with van der Waals surface area (Å²) in [4.78, 5) is 11.4. The normalized spacial score (nSPS) is 12.9. The molecule has 1 N–H and O–H groups in total. The van der Waals surface area contributed by atoms with Gasteiger partial charge in [0.15, 0.2) is 0 Å². The number of para-hydroxylation sites is 1. The van der Waals surface area contributed by atoms with Crippen molar-refractivity contribution in [1.29, 1.82) is 0 Å². The van der Waals surface area contributed by atoms with Crippen LogP contribution in [0, 0.1) is 5.92 Å². The van der Waals surface area contributed by atoms with Crippen molar-refractivity contribution in [2.75, 3.05) is 5.32 Å². The highest BCUT2D eigenvalue weighted by molar-refractivity contribution is 5.94. The minimum atomic E-state index is -5.70. The number of benzene rings is 1. The van der Waals surface area contributed by atoms with Gasteiger partial charge in [-0.2, -0.15) is 26.3 Å². The SMILES string of the molecule is CC(C)c1ccccc1NC(=O)C(C(F)(F)F)C(F)(F)F. The zero-order valence-electron chi connectivity index (χ0n) is 11.1. The molecule has 0 aliphatic rings. The van der Waals surface area contributed by atoms with Gasteiger partial charge in [0.1, 0.15) is 0 Å². The molecule has 0 unspecified atom stereocenters. The van der Waals surface area contributed by atoms with E-state index in [1.165, 1.54) is 18.2 Å². The van der Waals surface area contributed by atoms with Crippen LogP contribution in [0.25, 0.3) is 0 Å². The Bertz CT molecular complexity index is 492. The second-order valence-corrected chi connectivity index (χ2v) is 4.75. The smallest absolute Gasteiger partial charge is 0.325 e. The molecule has 0 bridgehead atoms. The van der Waals surface area contributed by atoms with Gasteiger partial charge < -0.3 is 5.32 Å². The molecule has 21 heavy (non-hydrogen) atoms. The lowest BCUT2D eigenvalue weighted by Gasteiger charge is -2.23. The molecule has 0 atom stereocenters. The summed E-state index contributed by atoms with van der Waals surface area (Å²) in [6, 6.07) is 5.78. The standard InChI is InChI=1S/C13H13F6NO/c1-7(2)8-5-3-4-6-9(8)20-11(21)10(12(14,15)16)13(17,18)19/h3-7,10H,1-2H3,(H,20,21). The highest BCUT2D eigenvalue weighted by Crippen LogP contribution is 2.40. The van der Waals surface area contributed by atoms with Crippen LogP contribution in [0.4, 0.5) is 32.0 Å². The van der Waals surface area contributed by atoms with Crippen molar-refractivity contribution in [2.45, 2.75) is 32.1 Å². The fourth-order valence-corrected chi connectivity index (χ4v) is 1.80. The van der Waals surface area contributed by atoms with Gasteiger partial charge in [0.2, 0.25) is 11.8 Å². The third-order valence-corrected chi connectivity index (χ3v) is 2.76. The molecule has 1 amide bonds. The molecule has 0 aliphatic heterocycles. The number of rotatable bonds is 3. The number of alkyl halides is 6. The monoisotopic (exact) mass is 313 g/mol. The fraction of sp³-hybridized carbons (Fsp3) is 0.462. The lowest BCUT2D eigenvalue weighted by Crippen LogP contribution is -2.45. The maximum absolute atomic E-state index is 12.4. The molecule has 8 heteroatoms. The molecule has 0 heterocycles. The first-order chi connectivity index (χ1) is 9.44. The van der Waals surface area contributed by atoms with Crippen molar-refractivity contribution in [3.05, 3.63) is 29.8 Å². The largest absolute Gasteiger partial charge is 0.409 e. The van der Waals surface area contributed by atoms with Gasteiger partial charge in [0.05, 0.1) is 0 Å². The maximum Gasteiger partial charge on any atom is 0.409 e. The van der Waals surface area contributed by atoms with Crippen LogP contribution in [0.2, 0.25) is 0 Å². The van der Waals surface area contributed by atoms with Crippen LogP contribution < -0.4 is 5.32 Å². The van der Waals surface area contributed by atoms with Gasteiger partial charge in [0.25, 0.3) is 0 Å². The molecule has 1 rings (SSSR count). The highest BCUT2D eigenvalue weighted by atomic mass is 19.4. The number of hydrogen-bond donors (Lipinski definition) is 1. The molecule has 2 nitrogen and oxygen atoms in total. The van der Waals surface area contributed by atoms with E-state index in [1.54, 1.807) is 25.2 Å². The number of halogens is 6. The first-order valence-electron chi connectivity index (χ1n) is 5.97. The minimum Gasteiger partial charge on any atom is -0.325 e. The van der Waals surface area contributed by atoms with Crippen LogP contribution in [0.15, 0.2) is 24.3 Å². The Kier molecular flexibility index (Phi) is 4.91. The van der Waals surface area contributed by atoms with Gasteiger partial charge in [-0.1, -0.05) is 32.0 Å². The summed E-state index contributed by atoms with van der Waals surface area (Å²) in [5.74, 6) is -6.36. The molecular weight excluding hydrogens is 300 g/mol.